The van der Waals surface area contributed by atoms with Crippen molar-refractivity contribution in [2.24, 2.45) is 4.99 Å². The molecule has 0 saturated carbocycles. The van der Waals surface area contributed by atoms with Crippen LogP contribution < -0.4 is 24.4 Å². The van der Waals surface area contributed by atoms with Crippen LogP contribution in [0.3, 0.4) is 0 Å². The number of thiazole rings is 1. The van der Waals surface area contributed by atoms with Crippen molar-refractivity contribution in [1.29, 1.82) is 0 Å². The van der Waals surface area contributed by atoms with E-state index in [2.05, 4.69) is 18.2 Å². The van der Waals surface area contributed by atoms with E-state index in [0.29, 0.717) is 20.8 Å². The first kappa shape index (κ1) is 22.4. The number of benzene rings is 3. The van der Waals surface area contributed by atoms with Crippen LogP contribution in [0.1, 0.15) is 34.7 Å². The summed E-state index contributed by atoms with van der Waals surface area (Å²) in [6.07, 6.45) is 3.47. The van der Waals surface area contributed by atoms with Crippen LogP contribution in [0.15, 0.2) is 82.1 Å². The summed E-state index contributed by atoms with van der Waals surface area (Å²) in [7, 11) is 3.27. The van der Waals surface area contributed by atoms with Gasteiger partial charge in [0.1, 0.15) is 17.2 Å². The number of phenolic OH excluding ortho intramolecular Hbond substituents is 1. The normalized spacial score (nSPS) is 16.6. The minimum atomic E-state index is -0.374. The molecule has 6 rings (SSSR count). The summed E-state index contributed by atoms with van der Waals surface area (Å²) in [4.78, 5) is 19.6. The molecule has 0 amide bonds. The van der Waals surface area contributed by atoms with Crippen molar-refractivity contribution in [2.75, 3.05) is 14.2 Å². The van der Waals surface area contributed by atoms with E-state index in [1.807, 2.05) is 30.3 Å². The van der Waals surface area contributed by atoms with E-state index in [1.165, 1.54) is 16.9 Å². The number of nitrogens with zero attached hydrogens (tertiary/aromatic N) is 2. The minimum Gasteiger partial charge on any atom is -0.508 e. The molecular formula is C29H24N2O4S. The predicted octanol–water partition coefficient (Wildman–Crippen LogP) is 4.04. The van der Waals surface area contributed by atoms with E-state index in [4.69, 9.17) is 14.5 Å². The van der Waals surface area contributed by atoms with Crippen molar-refractivity contribution in [1.82, 2.24) is 4.57 Å². The van der Waals surface area contributed by atoms with E-state index < -0.39 is 0 Å². The topological polar surface area (TPSA) is 73.1 Å². The standard InChI is InChI=1S/C29H24N2O4S/c1-34-20-11-13-24(35-2)23(16-20)27-22-12-10-18-7-3-4-9-21(18)26(22)30-29-31(27)28(33)25(36-29)15-17-6-5-8-19(32)14-17/h3-9,11,13-16,27,32H,10,12H2,1-2H3/t27-/m0/s1. The molecule has 0 radical (unpaired) electrons. The quantitative estimate of drug-likeness (QED) is 0.463. The van der Waals surface area contributed by atoms with Gasteiger partial charge in [-0.3, -0.25) is 9.36 Å². The lowest BCUT2D eigenvalue weighted by molar-refractivity contribution is 0.392. The third kappa shape index (κ3) is 3.63. The van der Waals surface area contributed by atoms with Gasteiger partial charge < -0.3 is 14.6 Å². The second kappa shape index (κ2) is 8.84. The number of methoxy groups -OCH3 is 2. The molecule has 36 heavy (non-hydrogen) atoms. The zero-order chi connectivity index (χ0) is 24.8. The largest absolute Gasteiger partial charge is 0.508 e. The van der Waals surface area contributed by atoms with Crippen LogP contribution >= 0.6 is 11.3 Å². The van der Waals surface area contributed by atoms with Gasteiger partial charge in [-0.05, 0) is 65.9 Å². The highest BCUT2D eigenvalue weighted by Crippen LogP contribution is 2.44. The third-order valence-corrected chi connectivity index (χ3v) is 7.76. The Morgan fingerprint density at radius 3 is 2.69 bits per heavy atom. The molecular weight excluding hydrogens is 472 g/mol. The molecule has 2 aliphatic rings. The van der Waals surface area contributed by atoms with E-state index in [-0.39, 0.29) is 17.4 Å². The van der Waals surface area contributed by atoms with Crippen LogP contribution in [0.4, 0.5) is 0 Å². The Kier molecular flexibility index (Phi) is 5.49. The zero-order valence-corrected chi connectivity index (χ0v) is 20.7. The van der Waals surface area contributed by atoms with Crippen LogP contribution in [-0.2, 0) is 6.42 Å². The van der Waals surface area contributed by atoms with Gasteiger partial charge in [-0.2, -0.15) is 0 Å². The summed E-state index contributed by atoms with van der Waals surface area (Å²) in [5.41, 5.74) is 5.89. The maximum atomic E-state index is 13.9. The average Bonchev–Trinajstić information content (AvgIpc) is 3.21. The van der Waals surface area contributed by atoms with Crippen molar-refractivity contribution in [3.8, 4) is 17.2 Å². The highest BCUT2D eigenvalue weighted by molar-refractivity contribution is 7.07. The van der Waals surface area contributed by atoms with E-state index in [0.717, 1.165) is 40.8 Å². The molecule has 7 heteroatoms. The smallest absolute Gasteiger partial charge is 0.271 e. The van der Waals surface area contributed by atoms with Gasteiger partial charge in [0, 0.05) is 11.1 Å². The zero-order valence-electron chi connectivity index (χ0n) is 19.9. The van der Waals surface area contributed by atoms with Crippen molar-refractivity contribution in [2.45, 2.75) is 18.9 Å². The Balaban J connectivity index is 1.66. The Morgan fingerprint density at radius 2 is 1.89 bits per heavy atom. The van der Waals surface area contributed by atoms with Gasteiger partial charge in [0.2, 0.25) is 0 Å². The van der Waals surface area contributed by atoms with Crippen molar-refractivity contribution in [3.63, 3.8) is 0 Å². The fourth-order valence-electron chi connectivity index (χ4n) is 5.12. The number of allylic oxidation sites excluding steroid dienone is 1. The molecule has 0 unspecified atom stereocenters. The lowest BCUT2D eigenvalue weighted by atomic mass is 9.83. The molecule has 1 aliphatic carbocycles. The Hall–Kier alpha value is -4.10. The number of ether oxygens (including phenoxy) is 2. The van der Waals surface area contributed by atoms with Gasteiger partial charge in [-0.15, -0.1) is 0 Å². The molecule has 3 aromatic carbocycles. The molecule has 180 valence electrons. The number of phenols is 1. The molecule has 2 heterocycles. The Bertz CT molecular complexity index is 1710. The Labute approximate surface area is 211 Å². The fourth-order valence-corrected chi connectivity index (χ4v) is 6.12. The third-order valence-electron chi connectivity index (χ3n) is 6.77. The van der Waals surface area contributed by atoms with E-state index in [1.54, 1.807) is 43.1 Å². The summed E-state index contributed by atoms with van der Waals surface area (Å²) in [6.45, 7) is 0. The maximum Gasteiger partial charge on any atom is 0.271 e. The molecule has 0 bridgehead atoms. The number of fused-ring (bicyclic) bond motifs is 3. The molecule has 1 aromatic heterocycles. The number of hydrogen-bond acceptors (Lipinski definition) is 6. The summed E-state index contributed by atoms with van der Waals surface area (Å²) in [5, 5.41) is 9.90. The van der Waals surface area contributed by atoms with Gasteiger partial charge in [0.15, 0.2) is 4.80 Å². The van der Waals surface area contributed by atoms with Gasteiger partial charge in [0.05, 0.1) is 30.5 Å². The fraction of sp³-hybridized carbons (Fsp3) is 0.172. The molecule has 6 nitrogen and oxygen atoms in total. The van der Waals surface area contributed by atoms with Gasteiger partial charge in [-0.1, -0.05) is 47.7 Å². The number of hydrogen-bond donors (Lipinski definition) is 1. The van der Waals surface area contributed by atoms with Crippen LogP contribution in [0.5, 0.6) is 17.2 Å². The molecule has 0 saturated heterocycles. The van der Waals surface area contributed by atoms with Gasteiger partial charge in [-0.25, -0.2) is 4.99 Å². The van der Waals surface area contributed by atoms with Crippen LogP contribution in [0.2, 0.25) is 0 Å². The lowest BCUT2D eigenvalue weighted by Gasteiger charge is -2.31. The van der Waals surface area contributed by atoms with Gasteiger partial charge >= 0.3 is 0 Å². The second-order valence-corrected chi connectivity index (χ2v) is 9.83. The van der Waals surface area contributed by atoms with Crippen molar-refractivity contribution < 1.29 is 14.6 Å². The second-order valence-electron chi connectivity index (χ2n) is 8.82. The molecule has 1 aliphatic heterocycles. The van der Waals surface area contributed by atoms with Crippen LogP contribution in [0, 0.1) is 0 Å². The van der Waals surface area contributed by atoms with Crippen molar-refractivity contribution in [3.05, 3.63) is 114 Å². The summed E-state index contributed by atoms with van der Waals surface area (Å²) < 4.78 is 13.6. The summed E-state index contributed by atoms with van der Waals surface area (Å²) >= 11 is 1.36. The monoisotopic (exact) mass is 496 g/mol. The maximum absolute atomic E-state index is 13.9. The van der Waals surface area contributed by atoms with E-state index >= 15 is 0 Å². The van der Waals surface area contributed by atoms with E-state index in [9.17, 15) is 9.90 Å². The average molecular weight is 497 g/mol. The van der Waals surface area contributed by atoms with Gasteiger partial charge in [0.25, 0.3) is 5.56 Å². The SMILES string of the molecule is COc1ccc(OC)c([C@@H]2C3=C(N=c4sc(=Cc5cccc(O)c5)c(=O)n42)c2ccccc2CC3)c1. The van der Waals surface area contributed by atoms with Crippen molar-refractivity contribution >= 4 is 23.1 Å². The molecule has 0 spiro atoms. The summed E-state index contributed by atoms with van der Waals surface area (Å²) in [5.74, 6) is 1.54. The number of rotatable bonds is 4. The van der Waals surface area contributed by atoms with Crippen LogP contribution in [-0.4, -0.2) is 23.9 Å². The highest BCUT2D eigenvalue weighted by Gasteiger charge is 2.34. The first-order chi connectivity index (χ1) is 17.6. The number of aromatic hydroxyl groups is 1. The predicted molar refractivity (Wildman–Crippen MR) is 140 cm³/mol. The molecule has 4 aromatic rings. The number of aryl methyl sites for hydroxylation is 1. The Morgan fingerprint density at radius 1 is 1.03 bits per heavy atom. The molecule has 1 N–H and O–H groups in total. The minimum absolute atomic E-state index is 0.123. The van der Waals surface area contributed by atoms with Crippen LogP contribution in [0.25, 0.3) is 11.8 Å². The first-order valence-corrected chi connectivity index (χ1v) is 12.5. The highest BCUT2D eigenvalue weighted by atomic mass is 32.1. The lowest BCUT2D eigenvalue weighted by Crippen LogP contribution is -2.39. The molecule has 0 fully saturated rings. The summed E-state index contributed by atoms with van der Waals surface area (Å²) in [6, 6.07) is 20.5. The first-order valence-electron chi connectivity index (χ1n) is 11.7. The molecule has 1 atom stereocenters. The number of aromatic nitrogens is 1.